The third-order valence-corrected chi connectivity index (χ3v) is 3.40. The molecule has 0 radical (unpaired) electrons. The van der Waals surface area contributed by atoms with Gasteiger partial charge in [-0.2, -0.15) is 0 Å². The SMILES string of the molecule is Cc1cc(C(C)NC(=O)N(CC(C)O)C(C)CO)c(C)o1. The van der Waals surface area contributed by atoms with Crippen molar-refractivity contribution in [2.75, 3.05) is 13.2 Å². The van der Waals surface area contributed by atoms with Gasteiger partial charge in [0.1, 0.15) is 11.5 Å². The summed E-state index contributed by atoms with van der Waals surface area (Å²) in [5, 5.41) is 21.6. The molecule has 0 aliphatic rings. The molecule has 21 heavy (non-hydrogen) atoms. The number of furan rings is 1. The average molecular weight is 298 g/mol. The number of urea groups is 1. The second kappa shape index (κ2) is 7.47. The molecular weight excluding hydrogens is 272 g/mol. The van der Waals surface area contributed by atoms with Gasteiger partial charge in [-0.3, -0.25) is 0 Å². The molecule has 1 heterocycles. The summed E-state index contributed by atoms with van der Waals surface area (Å²) < 4.78 is 5.47. The lowest BCUT2D eigenvalue weighted by Gasteiger charge is -2.30. The summed E-state index contributed by atoms with van der Waals surface area (Å²) in [4.78, 5) is 13.8. The van der Waals surface area contributed by atoms with E-state index in [0.717, 1.165) is 17.1 Å². The molecule has 3 atom stereocenters. The Hall–Kier alpha value is -1.53. The topological polar surface area (TPSA) is 85.9 Å². The number of aliphatic hydroxyl groups excluding tert-OH is 2. The van der Waals surface area contributed by atoms with E-state index in [1.807, 2.05) is 26.8 Å². The van der Waals surface area contributed by atoms with E-state index in [0.29, 0.717) is 0 Å². The molecular formula is C15H26N2O4. The maximum Gasteiger partial charge on any atom is 0.318 e. The summed E-state index contributed by atoms with van der Waals surface area (Å²) in [7, 11) is 0. The van der Waals surface area contributed by atoms with E-state index in [4.69, 9.17) is 4.42 Å². The van der Waals surface area contributed by atoms with Crippen LogP contribution in [-0.4, -0.2) is 46.4 Å². The summed E-state index contributed by atoms with van der Waals surface area (Å²) in [6.07, 6.45) is -0.655. The van der Waals surface area contributed by atoms with Gasteiger partial charge in [-0.15, -0.1) is 0 Å². The zero-order valence-electron chi connectivity index (χ0n) is 13.4. The first-order valence-corrected chi connectivity index (χ1v) is 7.19. The van der Waals surface area contributed by atoms with E-state index in [9.17, 15) is 15.0 Å². The van der Waals surface area contributed by atoms with Gasteiger partial charge < -0.3 is 24.8 Å². The van der Waals surface area contributed by atoms with Gasteiger partial charge in [-0.05, 0) is 40.7 Å². The fourth-order valence-electron chi connectivity index (χ4n) is 2.27. The Labute approximate surface area is 125 Å². The van der Waals surface area contributed by atoms with Crippen LogP contribution < -0.4 is 5.32 Å². The standard InChI is InChI=1S/C15H26N2O4/c1-9(8-18)17(7-10(2)19)15(20)16-12(4)14-6-11(3)21-13(14)5/h6,9-10,12,18-19H,7-8H2,1-5H3,(H,16,20). The molecule has 6 nitrogen and oxygen atoms in total. The van der Waals surface area contributed by atoms with Crippen LogP contribution in [0.5, 0.6) is 0 Å². The number of amides is 2. The Morgan fingerprint density at radius 1 is 1.38 bits per heavy atom. The molecule has 0 aliphatic heterocycles. The lowest BCUT2D eigenvalue weighted by atomic mass is 10.1. The predicted molar refractivity (Wildman–Crippen MR) is 80.1 cm³/mol. The van der Waals surface area contributed by atoms with Gasteiger partial charge in [-0.25, -0.2) is 4.79 Å². The van der Waals surface area contributed by atoms with Crippen molar-refractivity contribution in [2.24, 2.45) is 0 Å². The van der Waals surface area contributed by atoms with Gasteiger partial charge in [0.2, 0.25) is 0 Å². The summed E-state index contributed by atoms with van der Waals surface area (Å²) in [5.74, 6) is 1.57. The molecule has 0 aliphatic carbocycles. The quantitative estimate of drug-likeness (QED) is 0.746. The van der Waals surface area contributed by atoms with Crippen molar-refractivity contribution >= 4 is 6.03 Å². The highest BCUT2D eigenvalue weighted by atomic mass is 16.3. The van der Waals surface area contributed by atoms with Gasteiger partial charge >= 0.3 is 6.03 Å². The molecule has 6 heteroatoms. The van der Waals surface area contributed by atoms with Crippen LogP contribution in [0.3, 0.4) is 0 Å². The second-order valence-electron chi connectivity index (χ2n) is 5.57. The van der Waals surface area contributed by atoms with Crippen LogP contribution in [-0.2, 0) is 0 Å². The smallest absolute Gasteiger partial charge is 0.318 e. The molecule has 2 amide bonds. The highest BCUT2D eigenvalue weighted by Gasteiger charge is 2.23. The fraction of sp³-hybridized carbons (Fsp3) is 0.667. The van der Waals surface area contributed by atoms with E-state index in [2.05, 4.69) is 5.32 Å². The number of hydrogen-bond donors (Lipinski definition) is 3. The number of nitrogens with one attached hydrogen (secondary N) is 1. The van der Waals surface area contributed by atoms with Crippen molar-refractivity contribution in [2.45, 2.75) is 52.8 Å². The maximum absolute atomic E-state index is 12.3. The Morgan fingerprint density at radius 3 is 2.43 bits per heavy atom. The van der Waals surface area contributed by atoms with Crippen molar-refractivity contribution in [3.63, 3.8) is 0 Å². The molecule has 1 aromatic rings. The third kappa shape index (κ3) is 4.75. The first-order valence-electron chi connectivity index (χ1n) is 7.19. The molecule has 0 saturated heterocycles. The van der Waals surface area contributed by atoms with Gasteiger partial charge in [-0.1, -0.05) is 0 Å². The third-order valence-electron chi connectivity index (χ3n) is 3.40. The normalized spacial score (nSPS) is 15.4. The highest BCUT2D eigenvalue weighted by Crippen LogP contribution is 2.21. The maximum atomic E-state index is 12.3. The van der Waals surface area contributed by atoms with Gasteiger partial charge in [0.25, 0.3) is 0 Å². The van der Waals surface area contributed by atoms with Crippen molar-refractivity contribution in [1.29, 1.82) is 0 Å². The van der Waals surface area contributed by atoms with Crippen molar-refractivity contribution in [1.82, 2.24) is 10.2 Å². The minimum absolute atomic E-state index is 0.154. The molecule has 0 spiro atoms. The summed E-state index contributed by atoms with van der Waals surface area (Å²) in [6, 6.07) is 1.01. The van der Waals surface area contributed by atoms with E-state index < -0.39 is 6.10 Å². The minimum Gasteiger partial charge on any atom is -0.466 e. The fourth-order valence-corrected chi connectivity index (χ4v) is 2.27. The summed E-state index contributed by atoms with van der Waals surface area (Å²) in [5.41, 5.74) is 0.925. The van der Waals surface area contributed by atoms with Crippen LogP contribution in [0.4, 0.5) is 4.79 Å². The monoisotopic (exact) mass is 298 g/mol. The van der Waals surface area contributed by atoms with E-state index in [1.165, 1.54) is 4.90 Å². The highest BCUT2D eigenvalue weighted by molar-refractivity contribution is 5.75. The molecule has 3 unspecified atom stereocenters. The van der Waals surface area contributed by atoms with Crippen LogP contribution in [0.15, 0.2) is 10.5 Å². The number of carbonyl (C=O) groups is 1. The largest absolute Gasteiger partial charge is 0.466 e. The van der Waals surface area contributed by atoms with Gasteiger partial charge in [0.15, 0.2) is 0 Å². The number of carbonyl (C=O) groups excluding carboxylic acids is 1. The van der Waals surface area contributed by atoms with Crippen molar-refractivity contribution in [3.05, 3.63) is 23.2 Å². The number of aryl methyl sites for hydroxylation is 2. The van der Waals surface area contributed by atoms with E-state index >= 15 is 0 Å². The lowest BCUT2D eigenvalue weighted by molar-refractivity contribution is 0.0926. The van der Waals surface area contributed by atoms with E-state index in [-0.39, 0.29) is 31.3 Å². The van der Waals surface area contributed by atoms with Crippen molar-refractivity contribution < 1.29 is 19.4 Å². The van der Waals surface area contributed by atoms with E-state index in [1.54, 1.807) is 13.8 Å². The molecule has 0 saturated carbocycles. The Balaban J connectivity index is 2.78. The van der Waals surface area contributed by atoms with Crippen LogP contribution in [0, 0.1) is 13.8 Å². The molecule has 3 N–H and O–H groups in total. The molecule has 1 rings (SSSR count). The number of nitrogens with zero attached hydrogens (tertiary/aromatic N) is 1. The molecule has 0 aromatic carbocycles. The Kier molecular flexibility index (Phi) is 6.23. The van der Waals surface area contributed by atoms with Crippen LogP contribution in [0.2, 0.25) is 0 Å². The minimum atomic E-state index is -0.655. The Bertz CT molecular complexity index is 470. The molecule has 1 aromatic heterocycles. The lowest BCUT2D eigenvalue weighted by Crippen LogP contribution is -2.49. The summed E-state index contributed by atoms with van der Waals surface area (Å²) >= 11 is 0. The summed E-state index contributed by atoms with van der Waals surface area (Å²) in [6.45, 7) is 8.95. The zero-order valence-corrected chi connectivity index (χ0v) is 13.4. The first kappa shape index (κ1) is 17.5. The second-order valence-corrected chi connectivity index (χ2v) is 5.57. The number of aliphatic hydroxyl groups is 2. The average Bonchev–Trinajstić information content (AvgIpc) is 2.73. The number of rotatable bonds is 6. The van der Waals surface area contributed by atoms with Crippen molar-refractivity contribution in [3.8, 4) is 0 Å². The van der Waals surface area contributed by atoms with Gasteiger partial charge in [0.05, 0.1) is 24.8 Å². The van der Waals surface area contributed by atoms with Crippen LogP contribution in [0.1, 0.15) is 43.9 Å². The molecule has 0 fully saturated rings. The van der Waals surface area contributed by atoms with Crippen LogP contribution >= 0.6 is 0 Å². The number of hydrogen-bond acceptors (Lipinski definition) is 4. The van der Waals surface area contributed by atoms with Crippen LogP contribution in [0.25, 0.3) is 0 Å². The Morgan fingerprint density at radius 2 is 2.00 bits per heavy atom. The van der Waals surface area contributed by atoms with Gasteiger partial charge in [0, 0.05) is 12.1 Å². The first-order chi connectivity index (χ1) is 9.76. The molecule has 120 valence electrons. The predicted octanol–water partition coefficient (Wildman–Crippen LogP) is 1.73. The molecule has 0 bridgehead atoms. The zero-order chi connectivity index (χ0) is 16.2.